The number of methoxy groups -OCH3 is 1. The van der Waals surface area contributed by atoms with E-state index < -0.39 is 13.0 Å². The summed E-state index contributed by atoms with van der Waals surface area (Å²) in [6, 6.07) is 15.7. The molecule has 11 nitrogen and oxygen atoms in total. The number of carbonyl (C=O) groups excluding carboxylic acids is 1. The number of hydrogen-bond donors (Lipinski definition) is 4. The van der Waals surface area contributed by atoms with Gasteiger partial charge in [-0.2, -0.15) is 4.98 Å². The fraction of sp³-hybridized carbons (Fsp3) is 0.364. The Morgan fingerprint density at radius 3 is 2.44 bits per heavy atom. The summed E-state index contributed by atoms with van der Waals surface area (Å²) in [5.74, 6) is 6.08. The Morgan fingerprint density at radius 2 is 1.78 bits per heavy atom. The SMILES string of the molecule is COc1cc(N2CCC3(CC2)CN(C)C3)c(C)cc1Nc1ncc(C(=O)NN)c(Nc2ccc3ccccc3c2P(C)(C)=O)n1. The van der Waals surface area contributed by atoms with Gasteiger partial charge >= 0.3 is 0 Å². The van der Waals surface area contributed by atoms with Crippen LogP contribution in [-0.2, 0) is 4.57 Å². The van der Waals surface area contributed by atoms with Crippen molar-refractivity contribution >= 4 is 58.0 Å². The summed E-state index contributed by atoms with van der Waals surface area (Å²) in [7, 11) is 1.08. The highest BCUT2D eigenvalue weighted by Crippen LogP contribution is 2.43. The standard InChI is InChI=1S/C33H41N8O3P/c1-21-16-26(28(44-3)17-27(21)41-14-12-33(13-15-41)19-40(2)20-33)37-32-35-18-24(31(42)39-34)30(38-32)36-25-11-10-22-8-6-7-9-23(22)29(25)45(4,5)43/h6-11,16-18H,12-15,19-20,34H2,1-5H3,(H,39,42)(H2,35,36,37,38). The maximum Gasteiger partial charge on any atom is 0.270 e. The van der Waals surface area contributed by atoms with Gasteiger partial charge in [0.25, 0.3) is 5.91 Å². The molecule has 4 aromatic rings. The number of aromatic nitrogens is 2. The van der Waals surface area contributed by atoms with Crippen molar-refractivity contribution < 1.29 is 14.1 Å². The molecule has 6 rings (SSSR count). The first-order valence-electron chi connectivity index (χ1n) is 15.1. The van der Waals surface area contributed by atoms with Crippen LogP contribution in [0.25, 0.3) is 10.8 Å². The van der Waals surface area contributed by atoms with Crippen LogP contribution in [-0.4, -0.2) is 74.4 Å². The van der Waals surface area contributed by atoms with Gasteiger partial charge in [-0.15, -0.1) is 0 Å². The zero-order chi connectivity index (χ0) is 31.9. The number of benzene rings is 3. The summed E-state index contributed by atoms with van der Waals surface area (Å²) >= 11 is 0. The number of fused-ring (bicyclic) bond motifs is 1. The number of nitrogens with zero attached hydrogens (tertiary/aromatic N) is 4. The van der Waals surface area contributed by atoms with Crippen LogP contribution in [0.2, 0.25) is 0 Å². The number of carbonyl (C=O) groups is 1. The van der Waals surface area contributed by atoms with E-state index in [1.165, 1.54) is 32.1 Å². The highest BCUT2D eigenvalue weighted by atomic mass is 31.2. The number of ether oxygens (including phenoxy) is 1. The maximum absolute atomic E-state index is 13.5. The van der Waals surface area contributed by atoms with Gasteiger partial charge in [0.15, 0.2) is 0 Å². The van der Waals surface area contributed by atoms with Gasteiger partial charge in [0.1, 0.15) is 24.3 Å². The van der Waals surface area contributed by atoms with Gasteiger partial charge in [-0.25, -0.2) is 10.8 Å². The molecule has 3 heterocycles. The Labute approximate surface area is 263 Å². The van der Waals surface area contributed by atoms with Gasteiger partial charge in [-0.3, -0.25) is 10.2 Å². The average molecular weight is 629 g/mol. The largest absolute Gasteiger partial charge is 0.494 e. The summed E-state index contributed by atoms with van der Waals surface area (Å²) in [6.07, 6.45) is 3.79. The third kappa shape index (κ3) is 6.08. The number of anilines is 5. The summed E-state index contributed by atoms with van der Waals surface area (Å²) in [4.78, 5) is 26.7. The van der Waals surface area contributed by atoms with Gasteiger partial charge < -0.3 is 29.7 Å². The predicted molar refractivity (Wildman–Crippen MR) is 182 cm³/mol. The number of hydrogen-bond acceptors (Lipinski definition) is 10. The quantitative estimate of drug-likeness (QED) is 0.0931. The van der Waals surface area contributed by atoms with E-state index in [1.807, 2.05) is 42.5 Å². The van der Waals surface area contributed by atoms with Crippen LogP contribution in [0.3, 0.4) is 0 Å². The molecule has 0 saturated carbocycles. The van der Waals surface area contributed by atoms with Crippen molar-refractivity contribution in [1.82, 2.24) is 20.3 Å². The molecule has 0 bridgehead atoms. The molecule has 2 aliphatic rings. The summed E-state index contributed by atoms with van der Waals surface area (Å²) in [6.45, 7) is 9.97. The summed E-state index contributed by atoms with van der Waals surface area (Å²) in [5, 5.41) is 9.08. The van der Waals surface area contributed by atoms with Crippen molar-refractivity contribution in [3.8, 4) is 5.75 Å². The van der Waals surface area contributed by atoms with Gasteiger partial charge in [-0.1, -0.05) is 30.3 Å². The topological polar surface area (TPSA) is 138 Å². The molecule has 2 saturated heterocycles. The number of rotatable bonds is 8. The first kappa shape index (κ1) is 30.8. The molecule has 236 valence electrons. The Bertz CT molecular complexity index is 1810. The third-order valence-electron chi connectivity index (χ3n) is 9.00. The second-order valence-corrected chi connectivity index (χ2v) is 15.9. The molecule has 2 aliphatic heterocycles. The Balaban J connectivity index is 1.31. The number of likely N-dealkylation sites (tertiary alicyclic amines) is 1. The fourth-order valence-corrected chi connectivity index (χ4v) is 8.38. The van der Waals surface area contributed by atoms with Gasteiger partial charge in [0.05, 0.1) is 18.5 Å². The van der Waals surface area contributed by atoms with E-state index in [4.69, 9.17) is 10.6 Å². The van der Waals surface area contributed by atoms with Gasteiger partial charge in [0, 0.05) is 49.4 Å². The molecule has 0 unspecified atom stereocenters. The Morgan fingerprint density at radius 1 is 1.04 bits per heavy atom. The van der Waals surface area contributed by atoms with Crippen LogP contribution in [0.15, 0.2) is 54.7 Å². The number of nitrogen functional groups attached to an aromatic ring is 1. The van der Waals surface area contributed by atoms with Crippen molar-refractivity contribution in [2.24, 2.45) is 11.3 Å². The molecular weight excluding hydrogens is 587 g/mol. The van der Waals surface area contributed by atoms with E-state index in [9.17, 15) is 9.36 Å². The van der Waals surface area contributed by atoms with Crippen LogP contribution < -0.4 is 36.8 Å². The summed E-state index contributed by atoms with van der Waals surface area (Å²) < 4.78 is 19.3. The lowest BCUT2D eigenvalue weighted by molar-refractivity contribution is 0.00130. The minimum atomic E-state index is -2.76. The Kier molecular flexibility index (Phi) is 8.20. The maximum atomic E-state index is 13.5. The van der Waals surface area contributed by atoms with E-state index in [1.54, 1.807) is 20.4 Å². The Hall–Kier alpha value is -4.18. The zero-order valence-corrected chi connectivity index (χ0v) is 27.4. The predicted octanol–water partition coefficient (Wildman–Crippen LogP) is 4.82. The molecule has 45 heavy (non-hydrogen) atoms. The second-order valence-electron chi connectivity index (χ2n) is 12.7. The van der Waals surface area contributed by atoms with Crippen molar-refractivity contribution in [2.45, 2.75) is 19.8 Å². The number of piperidine rings is 1. The van der Waals surface area contributed by atoms with E-state index in [0.29, 0.717) is 27.8 Å². The molecule has 12 heteroatoms. The van der Waals surface area contributed by atoms with Crippen LogP contribution in [0.4, 0.5) is 28.8 Å². The van der Waals surface area contributed by atoms with Gasteiger partial charge in [-0.05, 0) is 74.0 Å². The van der Waals surface area contributed by atoms with E-state index in [0.717, 1.165) is 35.1 Å². The zero-order valence-electron chi connectivity index (χ0n) is 26.5. The van der Waals surface area contributed by atoms with Crippen LogP contribution in [0.5, 0.6) is 5.75 Å². The number of nitrogens with one attached hydrogen (secondary N) is 3. The second kappa shape index (κ2) is 12.0. The molecule has 0 radical (unpaired) electrons. The molecule has 1 amide bonds. The lowest BCUT2D eigenvalue weighted by atomic mass is 9.72. The van der Waals surface area contributed by atoms with Crippen LogP contribution in [0, 0.1) is 12.3 Å². The highest BCUT2D eigenvalue weighted by molar-refractivity contribution is 7.71. The van der Waals surface area contributed by atoms with E-state index in [2.05, 4.69) is 55.9 Å². The number of nitrogens with two attached hydrogens (primary N) is 1. The lowest BCUT2D eigenvalue weighted by Crippen LogP contribution is -2.58. The lowest BCUT2D eigenvalue weighted by Gasteiger charge is -2.53. The summed E-state index contributed by atoms with van der Waals surface area (Å²) in [5.41, 5.74) is 6.34. The van der Waals surface area contributed by atoms with E-state index in [-0.39, 0.29) is 17.3 Å². The highest BCUT2D eigenvalue weighted by Gasteiger charge is 2.43. The molecule has 1 spiro atoms. The molecule has 2 fully saturated rings. The minimum absolute atomic E-state index is 0.142. The van der Waals surface area contributed by atoms with Crippen molar-refractivity contribution in [3.63, 3.8) is 0 Å². The van der Waals surface area contributed by atoms with Crippen LogP contribution >= 0.6 is 7.14 Å². The third-order valence-corrected chi connectivity index (χ3v) is 10.6. The monoisotopic (exact) mass is 628 g/mol. The number of hydrazine groups is 1. The number of aryl methyl sites for hydroxylation is 1. The number of amides is 1. The minimum Gasteiger partial charge on any atom is -0.494 e. The first-order valence-corrected chi connectivity index (χ1v) is 17.7. The van der Waals surface area contributed by atoms with E-state index >= 15 is 0 Å². The van der Waals surface area contributed by atoms with Crippen molar-refractivity contribution in [1.29, 1.82) is 0 Å². The molecule has 5 N–H and O–H groups in total. The molecule has 1 aromatic heterocycles. The van der Waals surface area contributed by atoms with Crippen LogP contribution in [0.1, 0.15) is 28.8 Å². The normalized spacial score (nSPS) is 16.4. The first-order chi connectivity index (χ1) is 21.5. The molecule has 3 aromatic carbocycles. The molecule has 0 atom stereocenters. The fourth-order valence-electron chi connectivity index (χ4n) is 6.89. The average Bonchev–Trinajstić information content (AvgIpc) is 3.00. The van der Waals surface area contributed by atoms with Crippen molar-refractivity contribution in [3.05, 3.63) is 65.9 Å². The molecular formula is C33H41N8O3P. The van der Waals surface area contributed by atoms with Gasteiger partial charge in [0.2, 0.25) is 5.95 Å². The van der Waals surface area contributed by atoms with Crippen molar-refractivity contribution in [2.75, 3.05) is 69.2 Å². The molecule has 0 aliphatic carbocycles. The smallest absolute Gasteiger partial charge is 0.270 e.